The Bertz CT molecular complexity index is 776. The molecule has 4 aliphatic rings. The van der Waals surface area contributed by atoms with Crippen molar-refractivity contribution in [3.8, 4) is 0 Å². The molecule has 204 valence electrons. The van der Waals surface area contributed by atoms with Gasteiger partial charge >= 0.3 is 0 Å². The number of hydroxylamine groups is 1. The lowest BCUT2D eigenvalue weighted by Crippen LogP contribution is -2.58. The van der Waals surface area contributed by atoms with E-state index in [2.05, 4.69) is 26.7 Å². The lowest BCUT2D eigenvalue weighted by molar-refractivity contribution is -0.139. The van der Waals surface area contributed by atoms with Gasteiger partial charge < -0.3 is 15.5 Å². The summed E-state index contributed by atoms with van der Waals surface area (Å²) in [7, 11) is 0. The van der Waals surface area contributed by atoms with Gasteiger partial charge in [-0.2, -0.15) is 5.48 Å². The molecule has 4 rings (SSSR count). The molecule has 10 heteroatoms. The number of piperidine rings is 1. The van der Waals surface area contributed by atoms with Crippen LogP contribution in [0.15, 0.2) is 0 Å². The van der Waals surface area contributed by atoms with Crippen molar-refractivity contribution in [2.45, 2.75) is 127 Å². The molecule has 7 atom stereocenters. The number of hydrogen-bond acceptors (Lipinski definition) is 7. The van der Waals surface area contributed by atoms with Gasteiger partial charge in [-0.05, 0) is 58.8 Å². The number of nitrogens with zero attached hydrogens (tertiary/aromatic N) is 1. The quantitative estimate of drug-likeness (QED) is 0.332. The monoisotopic (exact) mass is 506 g/mol. The Morgan fingerprint density at radius 2 is 1.78 bits per heavy atom. The van der Waals surface area contributed by atoms with E-state index < -0.39 is 12.1 Å². The van der Waals surface area contributed by atoms with E-state index in [1.807, 2.05) is 25.7 Å². The maximum atomic E-state index is 13.4. The second-order valence-corrected chi connectivity index (χ2v) is 11.4. The topological polar surface area (TPSA) is 124 Å². The molecule has 3 heterocycles. The Labute approximate surface area is 215 Å². The highest BCUT2D eigenvalue weighted by Gasteiger charge is 2.37. The van der Waals surface area contributed by atoms with E-state index in [-0.39, 0.29) is 48.5 Å². The summed E-state index contributed by atoms with van der Waals surface area (Å²) in [6.45, 7) is 7.50. The number of amides is 3. The summed E-state index contributed by atoms with van der Waals surface area (Å²) in [5.74, 6) is -0.0562. The molecule has 5 N–H and O–H groups in total. The Morgan fingerprint density at radius 3 is 2.47 bits per heavy atom. The number of likely N-dealkylation sites (tertiary alicyclic amines) is 1. The summed E-state index contributed by atoms with van der Waals surface area (Å²) in [5.41, 5.74) is 2.74. The van der Waals surface area contributed by atoms with Gasteiger partial charge in [-0.1, -0.05) is 19.3 Å². The van der Waals surface area contributed by atoms with Crippen LogP contribution < -0.4 is 26.7 Å². The highest BCUT2D eigenvalue weighted by atomic mass is 16.7. The zero-order chi connectivity index (χ0) is 25.7. The van der Waals surface area contributed by atoms with E-state index in [1.54, 1.807) is 0 Å². The fourth-order valence-corrected chi connectivity index (χ4v) is 6.20. The molecular formula is C26H46N6O4. The number of nitrogens with one attached hydrogen (secondary N) is 5. The molecule has 10 nitrogen and oxygen atoms in total. The molecule has 3 aliphatic heterocycles. The third-order valence-electron chi connectivity index (χ3n) is 8.47. The molecule has 36 heavy (non-hydrogen) atoms. The van der Waals surface area contributed by atoms with Crippen molar-refractivity contribution in [2.75, 3.05) is 13.1 Å². The summed E-state index contributed by atoms with van der Waals surface area (Å²) < 4.78 is 0. The zero-order valence-electron chi connectivity index (χ0n) is 22.2. The van der Waals surface area contributed by atoms with Gasteiger partial charge in [0, 0.05) is 31.6 Å². The molecular weight excluding hydrogens is 460 g/mol. The van der Waals surface area contributed by atoms with Crippen molar-refractivity contribution in [3.05, 3.63) is 0 Å². The fourth-order valence-electron chi connectivity index (χ4n) is 6.20. The molecule has 0 bridgehead atoms. The summed E-state index contributed by atoms with van der Waals surface area (Å²) in [6.07, 6.45) is 9.84. The predicted molar refractivity (Wildman–Crippen MR) is 137 cm³/mol. The minimum atomic E-state index is -0.935. The average molecular weight is 507 g/mol. The van der Waals surface area contributed by atoms with Gasteiger partial charge in [-0.15, -0.1) is 0 Å². The molecule has 0 aromatic heterocycles. The predicted octanol–water partition coefficient (Wildman–Crippen LogP) is 0.917. The SMILES string of the molecule is CC1CC(C(=O)N[C@@H](CC(=O)N2CCCCC2C)C(=O)N[C@@H](C)C2NCC(C3CCCCC3)N2)NO1. The maximum absolute atomic E-state index is 13.4. The number of carbonyl (C=O) groups excluding carboxylic acids is 3. The third kappa shape index (κ3) is 6.96. The van der Waals surface area contributed by atoms with Crippen molar-refractivity contribution in [1.82, 2.24) is 31.6 Å². The van der Waals surface area contributed by atoms with Crippen LogP contribution in [0.2, 0.25) is 0 Å². The number of hydrogen-bond donors (Lipinski definition) is 5. The zero-order valence-corrected chi connectivity index (χ0v) is 22.2. The molecule has 5 unspecified atom stereocenters. The second kappa shape index (κ2) is 12.7. The van der Waals surface area contributed by atoms with Gasteiger partial charge in [0.1, 0.15) is 12.1 Å². The average Bonchev–Trinajstić information content (AvgIpc) is 3.54. The van der Waals surface area contributed by atoms with Crippen molar-refractivity contribution in [1.29, 1.82) is 0 Å². The molecule has 0 spiro atoms. The molecule has 0 aromatic carbocycles. The molecule has 1 saturated carbocycles. The lowest BCUT2D eigenvalue weighted by atomic mass is 9.84. The summed E-state index contributed by atoms with van der Waals surface area (Å²) >= 11 is 0. The molecule has 0 radical (unpaired) electrons. The van der Waals surface area contributed by atoms with Crippen LogP contribution in [0.25, 0.3) is 0 Å². The molecule has 1 aliphatic carbocycles. The summed E-state index contributed by atoms with van der Waals surface area (Å²) in [6, 6.07) is -1.09. The Morgan fingerprint density at radius 1 is 1.03 bits per heavy atom. The molecule has 4 fully saturated rings. The minimum absolute atomic E-state index is 0.0409. The fraction of sp³-hybridized carbons (Fsp3) is 0.885. The number of carbonyl (C=O) groups is 3. The van der Waals surface area contributed by atoms with Gasteiger partial charge in [0.15, 0.2) is 0 Å². The minimum Gasteiger partial charge on any atom is -0.349 e. The van der Waals surface area contributed by atoms with Crippen molar-refractivity contribution < 1.29 is 19.2 Å². The van der Waals surface area contributed by atoms with Crippen LogP contribution in [-0.4, -0.2) is 78.2 Å². The van der Waals surface area contributed by atoms with Crippen LogP contribution >= 0.6 is 0 Å². The summed E-state index contributed by atoms with van der Waals surface area (Å²) in [4.78, 5) is 46.6. The van der Waals surface area contributed by atoms with Gasteiger partial charge in [0.05, 0.1) is 24.7 Å². The lowest BCUT2D eigenvalue weighted by Gasteiger charge is -2.34. The van der Waals surface area contributed by atoms with Crippen LogP contribution in [0.1, 0.15) is 85.0 Å². The van der Waals surface area contributed by atoms with E-state index in [1.165, 1.54) is 32.1 Å². The van der Waals surface area contributed by atoms with E-state index >= 15 is 0 Å². The Kier molecular flexibility index (Phi) is 9.60. The standard InChI is InChI=1S/C26H46N6O4/c1-16-9-7-8-12-32(16)23(33)14-20(30-26(35)21-13-17(2)36-31-21)25(34)28-18(3)24-27-15-22(29-24)19-10-5-4-6-11-19/h16-22,24,27,29,31H,4-15H2,1-3H3,(H,28,34)(H,30,35)/t16?,17?,18-,20-,21?,22?,24?/m0/s1. The van der Waals surface area contributed by atoms with Crippen LogP contribution in [0.4, 0.5) is 0 Å². The van der Waals surface area contributed by atoms with Gasteiger partial charge in [-0.25, -0.2) is 0 Å². The van der Waals surface area contributed by atoms with Gasteiger partial charge in [-0.3, -0.25) is 29.9 Å². The van der Waals surface area contributed by atoms with E-state index in [0.717, 1.165) is 25.8 Å². The van der Waals surface area contributed by atoms with Crippen molar-refractivity contribution in [2.24, 2.45) is 5.92 Å². The van der Waals surface area contributed by atoms with Crippen molar-refractivity contribution in [3.63, 3.8) is 0 Å². The van der Waals surface area contributed by atoms with Gasteiger partial charge in [0.2, 0.25) is 17.7 Å². The maximum Gasteiger partial charge on any atom is 0.243 e. The van der Waals surface area contributed by atoms with Crippen LogP contribution in [0.3, 0.4) is 0 Å². The first-order chi connectivity index (χ1) is 17.3. The Balaban J connectivity index is 1.36. The van der Waals surface area contributed by atoms with Gasteiger partial charge in [0.25, 0.3) is 0 Å². The first kappa shape index (κ1) is 27.3. The number of rotatable bonds is 8. The largest absolute Gasteiger partial charge is 0.349 e. The second-order valence-electron chi connectivity index (χ2n) is 11.4. The van der Waals surface area contributed by atoms with Crippen molar-refractivity contribution >= 4 is 17.7 Å². The highest BCUT2D eigenvalue weighted by Crippen LogP contribution is 2.28. The summed E-state index contributed by atoms with van der Waals surface area (Å²) in [5, 5.41) is 13.1. The van der Waals surface area contributed by atoms with Crippen LogP contribution in [-0.2, 0) is 19.2 Å². The van der Waals surface area contributed by atoms with E-state index in [4.69, 9.17) is 4.84 Å². The van der Waals surface area contributed by atoms with E-state index in [9.17, 15) is 14.4 Å². The van der Waals surface area contributed by atoms with E-state index in [0.29, 0.717) is 24.9 Å². The normalized spacial score (nSPS) is 33.2. The molecule has 3 amide bonds. The third-order valence-corrected chi connectivity index (χ3v) is 8.47. The smallest absolute Gasteiger partial charge is 0.243 e. The van der Waals surface area contributed by atoms with Crippen LogP contribution in [0, 0.1) is 5.92 Å². The first-order valence-electron chi connectivity index (χ1n) is 14.1. The highest BCUT2D eigenvalue weighted by molar-refractivity contribution is 5.93. The molecule has 3 saturated heterocycles. The Hall–Kier alpha value is -1.75. The van der Waals surface area contributed by atoms with Crippen LogP contribution in [0.5, 0.6) is 0 Å². The first-order valence-corrected chi connectivity index (χ1v) is 14.1. The molecule has 0 aromatic rings.